The van der Waals surface area contributed by atoms with E-state index in [0.29, 0.717) is 23.7 Å². The van der Waals surface area contributed by atoms with Gasteiger partial charge in [-0.1, -0.05) is 19.9 Å². The maximum absolute atomic E-state index is 13.3. The number of nitrogens with zero attached hydrogens (tertiary/aromatic N) is 1. The number of carbonyl (C=O) groups excluding carboxylic acids is 1. The molecule has 1 heterocycles. The molecule has 0 aliphatic rings. The summed E-state index contributed by atoms with van der Waals surface area (Å²) in [5.74, 6) is 0.0750. The number of nitrogens with one attached hydrogen (secondary N) is 2. The minimum absolute atomic E-state index is 0.0750. The Bertz CT molecular complexity index is 1040. The van der Waals surface area contributed by atoms with Gasteiger partial charge in [-0.25, -0.2) is 0 Å². The monoisotopic (exact) mass is 399 g/mol. The second kappa shape index (κ2) is 9.03. The molecule has 3 aromatic rings. The highest BCUT2D eigenvalue weighted by atomic mass is 32.1. The highest BCUT2D eigenvalue weighted by Crippen LogP contribution is 2.33. The molecule has 0 bridgehead atoms. The third-order valence-corrected chi connectivity index (χ3v) is 6.15. The number of amides is 1. The van der Waals surface area contributed by atoms with Gasteiger partial charge in [-0.3, -0.25) is 9.59 Å². The Morgan fingerprint density at radius 2 is 1.96 bits per heavy atom. The van der Waals surface area contributed by atoms with E-state index in [0.717, 1.165) is 46.8 Å². The number of phenolic OH excluding ortho intramolecular Hbond substituents is 1. The molecule has 0 aliphatic carbocycles. The van der Waals surface area contributed by atoms with Gasteiger partial charge in [0.15, 0.2) is 5.43 Å². The number of fused-ring (bicyclic) bond motifs is 2. The van der Waals surface area contributed by atoms with Crippen LogP contribution < -0.4 is 16.1 Å². The Labute approximate surface area is 167 Å². The number of hydrogen-bond donors (Lipinski definition) is 3. The van der Waals surface area contributed by atoms with Gasteiger partial charge in [-0.05, 0) is 42.9 Å². The number of phenols is 1. The second-order valence-electron chi connectivity index (χ2n) is 6.54. The molecule has 0 saturated carbocycles. The standard InChI is InChI=1S/C21H25N3O3S/c1-3-24(4-2)10-9-23-17-7-5-14(12-22-13-25)21-19(17)20(27)16-11-15(26)6-8-18(16)28-21/h5-8,11,13,23,26H,3-4,9-10,12H2,1-2H3,(H,22,25). The van der Waals surface area contributed by atoms with Crippen LogP contribution in [0.3, 0.4) is 0 Å². The molecule has 0 aliphatic heterocycles. The lowest BCUT2D eigenvalue weighted by Gasteiger charge is -2.19. The van der Waals surface area contributed by atoms with E-state index < -0.39 is 0 Å². The van der Waals surface area contributed by atoms with Gasteiger partial charge >= 0.3 is 0 Å². The fourth-order valence-electron chi connectivity index (χ4n) is 3.32. The van der Waals surface area contributed by atoms with Crippen molar-refractivity contribution in [2.75, 3.05) is 31.5 Å². The van der Waals surface area contributed by atoms with Crippen LogP contribution in [0.5, 0.6) is 5.75 Å². The minimum atomic E-state index is -0.113. The fraction of sp³-hybridized carbons (Fsp3) is 0.333. The molecular formula is C21H25N3O3S. The Kier molecular flexibility index (Phi) is 6.49. The Hall–Kier alpha value is -2.64. The van der Waals surface area contributed by atoms with Crippen LogP contribution in [0.4, 0.5) is 5.69 Å². The van der Waals surface area contributed by atoms with Crippen molar-refractivity contribution in [1.29, 1.82) is 0 Å². The van der Waals surface area contributed by atoms with Crippen molar-refractivity contribution in [1.82, 2.24) is 10.2 Å². The zero-order chi connectivity index (χ0) is 20.1. The molecule has 3 N–H and O–H groups in total. The van der Waals surface area contributed by atoms with Crippen LogP contribution in [0.25, 0.3) is 20.2 Å². The first-order valence-electron chi connectivity index (χ1n) is 9.43. The molecule has 148 valence electrons. The van der Waals surface area contributed by atoms with Crippen molar-refractivity contribution in [2.24, 2.45) is 0 Å². The summed E-state index contributed by atoms with van der Waals surface area (Å²) in [6.45, 7) is 8.19. The number of carbonyl (C=O) groups is 1. The van der Waals surface area contributed by atoms with Gasteiger partial charge < -0.3 is 20.6 Å². The molecule has 0 fully saturated rings. The average molecular weight is 400 g/mol. The number of benzene rings is 2. The van der Waals surface area contributed by atoms with Gasteiger partial charge in [0, 0.05) is 40.1 Å². The molecule has 1 amide bonds. The molecule has 0 saturated heterocycles. The minimum Gasteiger partial charge on any atom is -0.508 e. The normalized spacial score (nSPS) is 11.2. The summed E-state index contributed by atoms with van der Waals surface area (Å²) in [5.41, 5.74) is 1.56. The quantitative estimate of drug-likeness (QED) is 0.380. The molecule has 2 aromatic carbocycles. The van der Waals surface area contributed by atoms with Gasteiger partial charge in [0.2, 0.25) is 6.41 Å². The predicted octanol–water partition coefficient (Wildman–Crippen LogP) is 3.12. The van der Waals surface area contributed by atoms with Crippen LogP contribution in [-0.2, 0) is 11.3 Å². The van der Waals surface area contributed by atoms with Crippen molar-refractivity contribution < 1.29 is 9.90 Å². The highest BCUT2D eigenvalue weighted by Gasteiger charge is 2.14. The Balaban J connectivity index is 2.10. The number of likely N-dealkylation sites (N-methyl/N-ethyl adjacent to an activating group) is 1. The first-order valence-corrected chi connectivity index (χ1v) is 10.2. The zero-order valence-electron chi connectivity index (χ0n) is 16.1. The molecule has 3 rings (SSSR count). The van der Waals surface area contributed by atoms with Crippen molar-refractivity contribution in [3.05, 3.63) is 46.1 Å². The van der Waals surface area contributed by atoms with Crippen LogP contribution >= 0.6 is 11.3 Å². The summed E-state index contributed by atoms with van der Waals surface area (Å²) in [6, 6.07) is 8.70. The predicted molar refractivity (Wildman–Crippen MR) is 116 cm³/mol. The van der Waals surface area contributed by atoms with Gasteiger partial charge in [0.1, 0.15) is 5.75 Å². The summed E-state index contributed by atoms with van der Waals surface area (Å²) in [6.07, 6.45) is 0.657. The summed E-state index contributed by atoms with van der Waals surface area (Å²) in [4.78, 5) is 26.3. The molecule has 1 aromatic heterocycles. The van der Waals surface area contributed by atoms with E-state index in [4.69, 9.17) is 0 Å². The molecule has 7 heteroatoms. The van der Waals surface area contributed by atoms with Gasteiger partial charge in [0.25, 0.3) is 0 Å². The second-order valence-corrected chi connectivity index (χ2v) is 7.59. The van der Waals surface area contributed by atoms with Crippen LogP contribution in [-0.4, -0.2) is 42.6 Å². The molecule has 0 radical (unpaired) electrons. The largest absolute Gasteiger partial charge is 0.508 e. The molecular weight excluding hydrogens is 374 g/mol. The van der Waals surface area contributed by atoms with E-state index >= 15 is 0 Å². The van der Waals surface area contributed by atoms with E-state index in [1.165, 1.54) is 17.4 Å². The highest BCUT2D eigenvalue weighted by molar-refractivity contribution is 7.24. The lowest BCUT2D eigenvalue weighted by atomic mass is 10.1. The van der Waals surface area contributed by atoms with E-state index in [9.17, 15) is 14.7 Å². The van der Waals surface area contributed by atoms with Gasteiger partial charge in [-0.15, -0.1) is 11.3 Å². The molecule has 0 atom stereocenters. The lowest BCUT2D eigenvalue weighted by Crippen LogP contribution is -2.28. The number of anilines is 1. The first kappa shape index (κ1) is 20.1. The number of hydrogen-bond acceptors (Lipinski definition) is 6. The summed E-state index contributed by atoms with van der Waals surface area (Å²) in [5, 5.41) is 17.0. The van der Waals surface area contributed by atoms with Crippen molar-refractivity contribution in [2.45, 2.75) is 20.4 Å². The average Bonchev–Trinajstić information content (AvgIpc) is 2.71. The summed E-state index contributed by atoms with van der Waals surface area (Å²) < 4.78 is 1.66. The number of aromatic hydroxyl groups is 1. The van der Waals surface area contributed by atoms with E-state index in [1.807, 2.05) is 12.1 Å². The maximum Gasteiger partial charge on any atom is 0.207 e. The Morgan fingerprint density at radius 3 is 2.68 bits per heavy atom. The molecule has 28 heavy (non-hydrogen) atoms. The van der Waals surface area contributed by atoms with Crippen LogP contribution in [0.15, 0.2) is 35.1 Å². The summed E-state index contributed by atoms with van der Waals surface area (Å²) >= 11 is 1.50. The smallest absolute Gasteiger partial charge is 0.207 e. The van der Waals surface area contributed by atoms with E-state index in [1.54, 1.807) is 12.1 Å². The number of rotatable bonds is 9. The van der Waals surface area contributed by atoms with Crippen LogP contribution in [0.1, 0.15) is 19.4 Å². The van der Waals surface area contributed by atoms with E-state index in [-0.39, 0.29) is 11.2 Å². The Morgan fingerprint density at radius 1 is 1.18 bits per heavy atom. The van der Waals surface area contributed by atoms with Crippen LogP contribution in [0.2, 0.25) is 0 Å². The zero-order valence-corrected chi connectivity index (χ0v) is 16.9. The van der Waals surface area contributed by atoms with Crippen molar-refractivity contribution in [3.63, 3.8) is 0 Å². The first-order chi connectivity index (χ1) is 13.6. The molecule has 6 nitrogen and oxygen atoms in total. The van der Waals surface area contributed by atoms with Gasteiger partial charge in [-0.2, -0.15) is 0 Å². The molecule has 0 unspecified atom stereocenters. The molecule has 0 spiro atoms. The lowest BCUT2D eigenvalue weighted by molar-refractivity contribution is -0.109. The topological polar surface area (TPSA) is 81.7 Å². The van der Waals surface area contributed by atoms with Crippen molar-refractivity contribution >= 4 is 43.6 Å². The third-order valence-electron chi connectivity index (χ3n) is 4.90. The maximum atomic E-state index is 13.3. The van der Waals surface area contributed by atoms with Crippen molar-refractivity contribution in [3.8, 4) is 5.75 Å². The third kappa shape index (κ3) is 4.10. The van der Waals surface area contributed by atoms with Gasteiger partial charge in [0.05, 0.1) is 5.39 Å². The van der Waals surface area contributed by atoms with Crippen LogP contribution in [0, 0.1) is 0 Å². The summed E-state index contributed by atoms with van der Waals surface area (Å²) in [7, 11) is 0. The SMILES string of the molecule is CCN(CC)CCNc1ccc(CNC=O)c2sc3ccc(O)cc3c(=O)c12. The van der Waals surface area contributed by atoms with E-state index in [2.05, 4.69) is 29.4 Å². The fourth-order valence-corrected chi connectivity index (χ4v) is 4.52.